The van der Waals surface area contributed by atoms with Crippen LogP contribution in [0, 0.1) is 0 Å². The molecule has 0 radical (unpaired) electrons. The van der Waals surface area contributed by atoms with Crippen molar-refractivity contribution in [1.29, 1.82) is 0 Å². The van der Waals surface area contributed by atoms with Gasteiger partial charge in [0.2, 0.25) is 5.91 Å². The lowest BCUT2D eigenvalue weighted by Gasteiger charge is -2.12. The summed E-state index contributed by atoms with van der Waals surface area (Å²) < 4.78 is 10.4. The van der Waals surface area contributed by atoms with Gasteiger partial charge in [0.15, 0.2) is 0 Å². The summed E-state index contributed by atoms with van der Waals surface area (Å²) in [6, 6.07) is 19.4. The maximum absolute atomic E-state index is 12.6. The fourth-order valence-electron chi connectivity index (χ4n) is 2.92. The molecule has 3 aromatic carbocycles. The van der Waals surface area contributed by atoms with Gasteiger partial charge in [-0.05, 0) is 72.1 Å². The van der Waals surface area contributed by atoms with Crippen LogP contribution in [0.5, 0.6) is 11.5 Å². The van der Waals surface area contributed by atoms with Crippen molar-refractivity contribution >= 4 is 22.4 Å². The number of carbonyl (C=O) groups excluding carboxylic acids is 1. The van der Waals surface area contributed by atoms with Gasteiger partial charge in [-0.1, -0.05) is 24.3 Å². The van der Waals surface area contributed by atoms with Crippen LogP contribution in [0.3, 0.4) is 0 Å². The molecule has 0 spiro atoms. The molecule has 5 heteroatoms. The Bertz CT molecular complexity index is 1010. The van der Waals surface area contributed by atoms with Gasteiger partial charge in [0, 0.05) is 0 Å². The monoisotopic (exact) mass is 376 g/mol. The summed E-state index contributed by atoms with van der Waals surface area (Å²) in [5.41, 5.74) is 5.26. The molecule has 0 saturated carbocycles. The molecule has 1 amide bonds. The smallest absolute Gasteiger partial charge is 0.247 e. The lowest BCUT2D eigenvalue weighted by atomic mass is 9.97. The van der Waals surface area contributed by atoms with Gasteiger partial charge >= 0.3 is 0 Å². The molecule has 144 valence electrons. The molecule has 1 unspecified atom stereocenters. The van der Waals surface area contributed by atoms with Gasteiger partial charge in [0.25, 0.3) is 0 Å². The van der Waals surface area contributed by atoms with Crippen molar-refractivity contribution in [2.24, 2.45) is 5.10 Å². The highest BCUT2D eigenvalue weighted by atomic mass is 16.5. The van der Waals surface area contributed by atoms with Crippen LogP contribution in [0.4, 0.5) is 0 Å². The highest BCUT2D eigenvalue weighted by Gasteiger charge is 2.15. The minimum Gasteiger partial charge on any atom is -0.497 e. The number of hydrogen-bond donors (Lipinski definition) is 1. The second kappa shape index (κ2) is 8.57. The van der Waals surface area contributed by atoms with Gasteiger partial charge in [0.05, 0.1) is 25.8 Å². The molecule has 0 fully saturated rings. The Kier molecular flexibility index (Phi) is 5.94. The van der Waals surface area contributed by atoms with Crippen molar-refractivity contribution in [3.05, 3.63) is 71.8 Å². The van der Waals surface area contributed by atoms with E-state index in [9.17, 15) is 4.79 Å². The van der Waals surface area contributed by atoms with Gasteiger partial charge < -0.3 is 9.47 Å². The highest BCUT2D eigenvalue weighted by Crippen LogP contribution is 2.25. The third kappa shape index (κ3) is 4.31. The Morgan fingerprint density at radius 3 is 2.18 bits per heavy atom. The molecule has 5 nitrogen and oxygen atoms in total. The van der Waals surface area contributed by atoms with Crippen molar-refractivity contribution in [2.75, 3.05) is 14.2 Å². The Morgan fingerprint density at radius 2 is 1.50 bits per heavy atom. The summed E-state index contributed by atoms with van der Waals surface area (Å²) in [5, 5.41) is 6.38. The normalized spacial score (nSPS) is 12.5. The van der Waals surface area contributed by atoms with E-state index in [4.69, 9.17) is 9.47 Å². The molecule has 1 N–H and O–H groups in total. The van der Waals surface area contributed by atoms with E-state index in [1.165, 1.54) is 0 Å². The first-order valence-corrected chi connectivity index (χ1v) is 9.08. The van der Waals surface area contributed by atoms with Crippen LogP contribution in [-0.2, 0) is 4.79 Å². The molecule has 0 heterocycles. The predicted molar refractivity (Wildman–Crippen MR) is 112 cm³/mol. The van der Waals surface area contributed by atoms with Gasteiger partial charge in [-0.15, -0.1) is 0 Å². The zero-order valence-electron chi connectivity index (χ0n) is 16.5. The average molecular weight is 376 g/mol. The molecule has 0 aliphatic carbocycles. The van der Waals surface area contributed by atoms with Gasteiger partial charge in [-0.3, -0.25) is 4.79 Å². The third-order valence-corrected chi connectivity index (χ3v) is 4.81. The number of nitrogens with one attached hydrogen (secondary N) is 1. The van der Waals surface area contributed by atoms with Crippen LogP contribution in [0.15, 0.2) is 65.8 Å². The lowest BCUT2D eigenvalue weighted by molar-refractivity contribution is -0.122. The number of amides is 1. The molecular weight excluding hydrogens is 352 g/mol. The first kappa shape index (κ1) is 19.4. The van der Waals surface area contributed by atoms with Crippen LogP contribution < -0.4 is 14.9 Å². The van der Waals surface area contributed by atoms with E-state index in [1.807, 2.05) is 74.5 Å². The van der Waals surface area contributed by atoms with Crippen LogP contribution in [-0.4, -0.2) is 25.8 Å². The number of carbonyl (C=O) groups is 1. The number of ether oxygens (including phenoxy) is 2. The first-order chi connectivity index (χ1) is 13.5. The Morgan fingerprint density at radius 1 is 0.893 bits per heavy atom. The third-order valence-electron chi connectivity index (χ3n) is 4.81. The van der Waals surface area contributed by atoms with Crippen LogP contribution in [0.1, 0.15) is 30.9 Å². The highest BCUT2D eigenvalue weighted by molar-refractivity contribution is 5.99. The maximum Gasteiger partial charge on any atom is 0.247 e. The lowest BCUT2D eigenvalue weighted by Crippen LogP contribution is -2.24. The molecule has 0 bridgehead atoms. The quantitative estimate of drug-likeness (QED) is 0.509. The van der Waals surface area contributed by atoms with Crippen LogP contribution >= 0.6 is 0 Å². The number of nitrogens with zero attached hydrogens (tertiary/aromatic N) is 1. The minimum atomic E-state index is -0.320. The van der Waals surface area contributed by atoms with Crippen molar-refractivity contribution in [1.82, 2.24) is 5.43 Å². The van der Waals surface area contributed by atoms with Crippen molar-refractivity contribution < 1.29 is 14.3 Å². The van der Waals surface area contributed by atoms with E-state index in [-0.39, 0.29) is 11.8 Å². The Hall–Kier alpha value is -3.34. The molecular formula is C23H24N2O3. The first-order valence-electron chi connectivity index (χ1n) is 9.08. The second-order valence-corrected chi connectivity index (χ2v) is 6.60. The molecule has 3 rings (SSSR count). The van der Waals surface area contributed by atoms with Crippen molar-refractivity contribution in [3.63, 3.8) is 0 Å². The van der Waals surface area contributed by atoms with Crippen molar-refractivity contribution in [3.8, 4) is 11.5 Å². The molecule has 3 aromatic rings. The van der Waals surface area contributed by atoms with Crippen LogP contribution in [0.25, 0.3) is 10.8 Å². The van der Waals surface area contributed by atoms with E-state index in [2.05, 4.69) is 10.5 Å². The molecule has 1 atom stereocenters. The largest absolute Gasteiger partial charge is 0.497 e. The van der Waals surface area contributed by atoms with E-state index in [1.54, 1.807) is 14.2 Å². The minimum absolute atomic E-state index is 0.152. The van der Waals surface area contributed by atoms with E-state index < -0.39 is 0 Å². The zero-order valence-corrected chi connectivity index (χ0v) is 16.5. The summed E-state index contributed by atoms with van der Waals surface area (Å²) >= 11 is 0. The standard InChI is InChI=1S/C23H24N2O3/c1-15(18-5-6-20-14-22(28-4)12-9-19(20)13-18)23(26)25-24-16(2)17-7-10-21(27-3)11-8-17/h5-15H,1-4H3,(H,25,26). The van der Waals surface area contributed by atoms with E-state index in [0.29, 0.717) is 0 Å². The Labute approximate surface area is 165 Å². The zero-order chi connectivity index (χ0) is 20.1. The van der Waals surface area contributed by atoms with E-state index >= 15 is 0 Å². The van der Waals surface area contributed by atoms with Gasteiger partial charge in [-0.2, -0.15) is 5.10 Å². The summed E-state index contributed by atoms with van der Waals surface area (Å²) in [5.74, 6) is 1.12. The molecule has 0 aromatic heterocycles. The topological polar surface area (TPSA) is 59.9 Å². The Balaban J connectivity index is 1.71. The molecule has 28 heavy (non-hydrogen) atoms. The van der Waals surface area contributed by atoms with Gasteiger partial charge in [0.1, 0.15) is 11.5 Å². The number of hydrazone groups is 1. The summed E-state index contributed by atoms with van der Waals surface area (Å²) in [4.78, 5) is 12.6. The number of hydrogen-bond acceptors (Lipinski definition) is 4. The predicted octanol–water partition coefficient (Wildman–Crippen LogP) is 4.50. The summed E-state index contributed by atoms with van der Waals surface area (Å²) in [6.45, 7) is 3.73. The fourth-order valence-corrected chi connectivity index (χ4v) is 2.92. The SMILES string of the molecule is COc1ccc(C(C)=NNC(=O)C(C)c2ccc3cc(OC)ccc3c2)cc1. The number of fused-ring (bicyclic) bond motifs is 1. The number of rotatable bonds is 6. The number of benzene rings is 3. The fraction of sp³-hybridized carbons (Fsp3) is 0.217. The van der Waals surface area contributed by atoms with Gasteiger partial charge in [-0.25, -0.2) is 5.43 Å². The number of methoxy groups -OCH3 is 2. The van der Waals surface area contributed by atoms with E-state index in [0.717, 1.165) is 39.1 Å². The molecule has 0 aliphatic heterocycles. The van der Waals surface area contributed by atoms with Crippen LogP contribution in [0.2, 0.25) is 0 Å². The maximum atomic E-state index is 12.6. The van der Waals surface area contributed by atoms with Crippen molar-refractivity contribution in [2.45, 2.75) is 19.8 Å². The average Bonchev–Trinajstić information content (AvgIpc) is 2.75. The summed E-state index contributed by atoms with van der Waals surface area (Å²) in [7, 11) is 3.28. The molecule has 0 saturated heterocycles. The second-order valence-electron chi connectivity index (χ2n) is 6.60. The molecule has 0 aliphatic rings. The summed E-state index contributed by atoms with van der Waals surface area (Å²) in [6.07, 6.45) is 0.